The number of rotatable bonds is 0. The van der Waals surface area contributed by atoms with Crippen molar-refractivity contribution in [2.75, 3.05) is 0 Å². The highest BCUT2D eigenvalue weighted by Crippen LogP contribution is 2.09. The standard InChI is InChI=1S/4C6H3F3.C6H6/c2*7-4-1-2-5(8)6(9)3-4;2*7-4-2-1-3-5(8)6(4)9;1-2-4-6-5-3-1/h4*1-3H;1-6H. The van der Waals surface area contributed by atoms with Crippen molar-refractivity contribution in [3.8, 4) is 0 Å². The summed E-state index contributed by atoms with van der Waals surface area (Å²) in [6.45, 7) is 0. The van der Waals surface area contributed by atoms with E-state index in [4.69, 9.17) is 0 Å². The second-order valence-corrected chi connectivity index (χ2v) is 7.34. The Morgan fingerprint density at radius 2 is 0.500 bits per heavy atom. The van der Waals surface area contributed by atoms with Crippen LogP contribution in [0.1, 0.15) is 0 Å². The highest BCUT2D eigenvalue weighted by Gasteiger charge is 2.05. The van der Waals surface area contributed by atoms with Gasteiger partial charge in [-0.05, 0) is 48.5 Å². The summed E-state index contributed by atoms with van der Waals surface area (Å²) in [5.74, 6) is -13.4. The zero-order valence-corrected chi connectivity index (χ0v) is 20.9. The monoisotopic (exact) mass is 606 g/mol. The van der Waals surface area contributed by atoms with Gasteiger partial charge in [0.2, 0.25) is 0 Å². The third kappa shape index (κ3) is 13.6. The van der Waals surface area contributed by atoms with E-state index in [1.807, 2.05) is 36.4 Å². The predicted molar refractivity (Wildman–Crippen MR) is 132 cm³/mol. The molecule has 5 aromatic carbocycles. The van der Waals surface area contributed by atoms with E-state index >= 15 is 0 Å². The van der Waals surface area contributed by atoms with Crippen LogP contribution in [0.5, 0.6) is 0 Å². The molecule has 0 N–H and O–H groups in total. The Labute approximate surface area is 232 Å². The third-order valence-electron chi connectivity index (χ3n) is 4.24. The summed E-state index contributed by atoms with van der Waals surface area (Å²) in [6.07, 6.45) is 0. The Bertz CT molecular complexity index is 1340. The van der Waals surface area contributed by atoms with E-state index in [9.17, 15) is 52.7 Å². The lowest BCUT2D eigenvalue weighted by Gasteiger charge is -1.90. The molecule has 0 heterocycles. The summed E-state index contributed by atoms with van der Waals surface area (Å²) < 4.78 is 144. The van der Waals surface area contributed by atoms with E-state index < -0.39 is 69.8 Å². The molecule has 5 rings (SSSR count). The van der Waals surface area contributed by atoms with Crippen LogP contribution in [0.4, 0.5) is 52.7 Å². The predicted octanol–water partition coefficient (Wildman–Crippen LogP) is 10.1. The van der Waals surface area contributed by atoms with Gasteiger partial charge in [0, 0.05) is 12.1 Å². The van der Waals surface area contributed by atoms with E-state index in [1.165, 1.54) is 0 Å². The molecule has 0 saturated heterocycles. The van der Waals surface area contributed by atoms with E-state index in [0.29, 0.717) is 12.1 Å². The minimum atomic E-state index is -1.42. The summed E-state index contributed by atoms with van der Waals surface area (Å²) in [6, 6.07) is 21.8. The molecule has 0 aromatic heterocycles. The molecule has 0 bridgehead atoms. The molecule has 0 radical (unpaired) electrons. The largest absolute Gasteiger partial charge is 0.207 e. The van der Waals surface area contributed by atoms with Gasteiger partial charge in [-0.1, -0.05) is 48.5 Å². The van der Waals surface area contributed by atoms with Gasteiger partial charge in [0.1, 0.15) is 11.6 Å². The average molecular weight is 606 g/mol. The molecule has 0 spiro atoms. The van der Waals surface area contributed by atoms with Gasteiger partial charge in [0.05, 0.1) is 0 Å². The van der Waals surface area contributed by atoms with Crippen molar-refractivity contribution in [1.82, 2.24) is 0 Å². The maximum absolute atomic E-state index is 12.0. The SMILES string of the molecule is Fc1ccc(F)c(F)c1.Fc1ccc(F)c(F)c1.Fc1cccc(F)c1F.Fc1cccc(F)c1F.c1ccccc1. The van der Waals surface area contributed by atoms with Gasteiger partial charge in [0.25, 0.3) is 0 Å². The number of halogens is 12. The first-order valence-corrected chi connectivity index (χ1v) is 11.2. The van der Waals surface area contributed by atoms with Crippen LogP contribution >= 0.6 is 0 Å². The highest BCUT2D eigenvalue weighted by atomic mass is 19.2. The molecular weight excluding hydrogens is 588 g/mol. The number of hydrogen-bond acceptors (Lipinski definition) is 0. The second kappa shape index (κ2) is 18.6. The zero-order chi connectivity index (χ0) is 31.7. The van der Waals surface area contributed by atoms with Crippen molar-refractivity contribution in [2.24, 2.45) is 0 Å². The van der Waals surface area contributed by atoms with Gasteiger partial charge >= 0.3 is 0 Å². The van der Waals surface area contributed by atoms with Crippen molar-refractivity contribution in [1.29, 1.82) is 0 Å². The Kier molecular flexibility index (Phi) is 15.6. The smallest absolute Gasteiger partial charge is 0.194 e. The molecule has 5 aromatic rings. The van der Waals surface area contributed by atoms with Crippen LogP contribution < -0.4 is 0 Å². The molecule has 0 atom stereocenters. The first kappa shape index (κ1) is 35.3. The lowest BCUT2D eigenvalue weighted by Crippen LogP contribution is -1.86. The Balaban J connectivity index is 0.000000264. The lowest BCUT2D eigenvalue weighted by atomic mass is 10.3. The van der Waals surface area contributed by atoms with Crippen molar-refractivity contribution in [2.45, 2.75) is 0 Å². The summed E-state index contributed by atoms with van der Waals surface area (Å²) in [7, 11) is 0. The first-order chi connectivity index (χ1) is 19.8. The maximum atomic E-state index is 12.0. The molecule has 0 aliphatic heterocycles. The van der Waals surface area contributed by atoms with Crippen LogP contribution in [0.3, 0.4) is 0 Å². The molecule has 42 heavy (non-hydrogen) atoms. The fourth-order valence-corrected chi connectivity index (χ4v) is 2.28. The molecule has 12 heteroatoms. The maximum Gasteiger partial charge on any atom is 0.194 e. The number of hydrogen-bond donors (Lipinski definition) is 0. The summed E-state index contributed by atoms with van der Waals surface area (Å²) in [5.41, 5.74) is 0. The molecular formula is C30H18F12. The van der Waals surface area contributed by atoms with Crippen LogP contribution in [-0.4, -0.2) is 0 Å². The van der Waals surface area contributed by atoms with E-state index in [1.54, 1.807) is 0 Å². The van der Waals surface area contributed by atoms with Gasteiger partial charge < -0.3 is 0 Å². The van der Waals surface area contributed by atoms with Crippen molar-refractivity contribution in [3.05, 3.63) is 179 Å². The first-order valence-electron chi connectivity index (χ1n) is 11.2. The van der Waals surface area contributed by atoms with E-state index in [0.717, 1.165) is 60.7 Å². The fraction of sp³-hybridized carbons (Fsp3) is 0. The van der Waals surface area contributed by atoms with Crippen LogP contribution in [0.15, 0.2) is 109 Å². The van der Waals surface area contributed by atoms with Gasteiger partial charge in [-0.25, -0.2) is 52.7 Å². The Morgan fingerprint density at radius 3 is 0.690 bits per heavy atom. The second-order valence-electron chi connectivity index (χ2n) is 7.34. The van der Waals surface area contributed by atoms with Crippen LogP contribution in [0.25, 0.3) is 0 Å². The quantitative estimate of drug-likeness (QED) is 0.0935. The highest BCUT2D eigenvalue weighted by molar-refractivity contribution is 5.10. The number of benzene rings is 5. The molecule has 222 valence electrons. The molecule has 0 fully saturated rings. The van der Waals surface area contributed by atoms with Crippen molar-refractivity contribution < 1.29 is 52.7 Å². The van der Waals surface area contributed by atoms with Gasteiger partial charge in [-0.15, -0.1) is 0 Å². The Morgan fingerprint density at radius 1 is 0.238 bits per heavy atom. The van der Waals surface area contributed by atoms with Crippen LogP contribution in [0, 0.1) is 69.8 Å². The molecule has 0 nitrogen and oxygen atoms in total. The molecule has 0 amide bonds. The van der Waals surface area contributed by atoms with Crippen molar-refractivity contribution >= 4 is 0 Å². The summed E-state index contributed by atoms with van der Waals surface area (Å²) in [4.78, 5) is 0. The lowest BCUT2D eigenvalue weighted by molar-refractivity contribution is 0.447. The molecule has 0 unspecified atom stereocenters. The van der Waals surface area contributed by atoms with E-state index in [2.05, 4.69) is 0 Å². The topological polar surface area (TPSA) is 0 Å². The molecule has 0 aliphatic rings. The zero-order valence-electron chi connectivity index (χ0n) is 20.9. The summed E-state index contributed by atoms with van der Waals surface area (Å²) in [5, 5.41) is 0. The third-order valence-corrected chi connectivity index (χ3v) is 4.24. The Hall–Kier alpha value is -4.74. The minimum Gasteiger partial charge on any atom is -0.207 e. The fourth-order valence-electron chi connectivity index (χ4n) is 2.28. The normalized spacial score (nSPS) is 9.43. The van der Waals surface area contributed by atoms with Gasteiger partial charge in [-0.3, -0.25) is 0 Å². The molecule has 0 aliphatic carbocycles. The van der Waals surface area contributed by atoms with Gasteiger partial charge in [0.15, 0.2) is 58.2 Å². The van der Waals surface area contributed by atoms with E-state index in [-0.39, 0.29) is 0 Å². The average Bonchev–Trinajstić information content (AvgIpc) is 2.97. The van der Waals surface area contributed by atoms with Crippen LogP contribution in [0.2, 0.25) is 0 Å². The van der Waals surface area contributed by atoms with Gasteiger partial charge in [-0.2, -0.15) is 0 Å². The molecule has 0 saturated carbocycles. The van der Waals surface area contributed by atoms with Crippen molar-refractivity contribution in [3.63, 3.8) is 0 Å². The minimum absolute atomic E-state index is 0.495. The van der Waals surface area contributed by atoms with Crippen LogP contribution in [-0.2, 0) is 0 Å². The summed E-state index contributed by atoms with van der Waals surface area (Å²) >= 11 is 0.